The molecule has 2 heterocycles. The Morgan fingerprint density at radius 1 is 1.09 bits per heavy atom. The number of benzene rings is 1. The van der Waals surface area contributed by atoms with Gasteiger partial charge in [-0.1, -0.05) is 13.8 Å². The first-order valence-corrected chi connectivity index (χ1v) is 10.6. The number of hydrogen-bond acceptors (Lipinski definition) is 6. The van der Waals surface area contributed by atoms with E-state index in [1.54, 1.807) is 4.90 Å². The molecule has 1 aromatic carbocycles. The Labute approximate surface area is 187 Å². The molecule has 1 fully saturated rings. The fourth-order valence-corrected chi connectivity index (χ4v) is 3.63. The number of nitriles is 1. The maximum absolute atomic E-state index is 13.2. The van der Waals surface area contributed by atoms with E-state index in [0.29, 0.717) is 43.1 Å². The zero-order valence-electron chi connectivity index (χ0n) is 18.7. The van der Waals surface area contributed by atoms with Crippen LogP contribution in [0.5, 0.6) is 0 Å². The first kappa shape index (κ1) is 23.1. The summed E-state index contributed by atoms with van der Waals surface area (Å²) in [5.41, 5.74) is 2.33. The highest BCUT2D eigenvalue weighted by atomic mass is 19.1. The summed E-state index contributed by atoms with van der Waals surface area (Å²) >= 11 is 0. The third kappa shape index (κ3) is 4.85. The van der Waals surface area contributed by atoms with E-state index in [0.717, 1.165) is 11.3 Å². The normalized spacial score (nSPS) is 14.8. The van der Waals surface area contributed by atoms with Gasteiger partial charge in [0.1, 0.15) is 23.5 Å². The van der Waals surface area contributed by atoms with Crippen molar-refractivity contribution < 1.29 is 14.0 Å². The van der Waals surface area contributed by atoms with Crippen LogP contribution in [-0.2, 0) is 4.79 Å². The fraction of sp³-hybridized carbons (Fsp3) is 0.435. The molecular formula is C23H27FN6O2. The SMILES string of the molecule is Cc1nnc(N2CCN(C(=O)C(NC(=O)c3ccc(F)cc3)C(C)C)CC2)c(C#N)c1C. The average molecular weight is 439 g/mol. The van der Waals surface area contributed by atoms with Crippen molar-refractivity contribution in [3.8, 4) is 6.07 Å². The van der Waals surface area contributed by atoms with Gasteiger partial charge < -0.3 is 15.1 Å². The van der Waals surface area contributed by atoms with Gasteiger partial charge in [-0.05, 0) is 49.6 Å². The lowest BCUT2D eigenvalue weighted by Gasteiger charge is -2.38. The molecule has 0 bridgehead atoms. The minimum Gasteiger partial charge on any atom is -0.350 e. The summed E-state index contributed by atoms with van der Waals surface area (Å²) in [6, 6.07) is 6.73. The number of aromatic nitrogens is 2. The molecule has 0 saturated carbocycles. The molecule has 9 heteroatoms. The van der Waals surface area contributed by atoms with Crippen molar-refractivity contribution in [2.24, 2.45) is 5.92 Å². The van der Waals surface area contributed by atoms with Crippen molar-refractivity contribution in [3.05, 3.63) is 52.5 Å². The van der Waals surface area contributed by atoms with Crippen molar-refractivity contribution in [2.45, 2.75) is 33.7 Å². The van der Waals surface area contributed by atoms with Gasteiger partial charge in [0.15, 0.2) is 5.82 Å². The minimum absolute atomic E-state index is 0.124. The van der Waals surface area contributed by atoms with Crippen LogP contribution in [0.4, 0.5) is 10.2 Å². The lowest BCUT2D eigenvalue weighted by atomic mass is 10.0. The second kappa shape index (κ2) is 9.73. The number of hydrogen-bond donors (Lipinski definition) is 1. The quantitative estimate of drug-likeness (QED) is 0.768. The molecule has 32 heavy (non-hydrogen) atoms. The number of nitrogens with one attached hydrogen (secondary N) is 1. The number of anilines is 1. The van der Waals surface area contributed by atoms with E-state index in [2.05, 4.69) is 21.6 Å². The van der Waals surface area contributed by atoms with Crippen LogP contribution >= 0.6 is 0 Å². The first-order valence-electron chi connectivity index (χ1n) is 10.6. The highest BCUT2D eigenvalue weighted by Gasteiger charge is 2.32. The number of rotatable bonds is 5. The summed E-state index contributed by atoms with van der Waals surface area (Å²) in [6.45, 7) is 9.30. The van der Waals surface area contributed by atoms with Crippen LogP contribution in [0, 0.1) is 36.9 Å². The van der Waals surface area contributed by atoms with Crippen molar-refractivity contribution in [3.63, 3.8) is 0 Å². The Balaban J connectivity index is 1.68. The summed E-state index contributed by atoms with van der Waals surface area (Å²) < 4.78 is 13.1. The molecule has 2 aromatic rings. The van der Waals surface area contributed by atoms with E-state index < -0.39 is 17.8 Å². The molecule has 1 aromatic heterocycles. The smallest absolute Gasteiger partial charge is 0.251 e. The number of nitrogens with zero attached hydrogens (tertiary/aromatic N) is 5. The zero-order valence-corrected chi connectivity index (χ0v) is 18.7. The molecule has 1 saturated heterocycles. The van der Waals surface area contributed by atoms with E-state index in [1.807, 2.05) is 32.6 Å². The van der Waals surface area contributed by atoms with E-state index in [-0.39, 0.29) is 11.8 Å². The third-order valence-electron chi connectivity index (χ3n) is 5.76. The van der Waals surface area contributed by atoms with E-state index in [4.69, 9.17) is 0 Å². The largest absolute Gasteiger partial charge is 0.350 e. The zero-order chi connectivity index (χ0) is 23.4. The summed E-state index contributed by atoms with van der Waals surface area (Å²) in [5.74, 6) is -0.598. The maximum atomic E-state index is 13.2. The van der Waals surface area contributed by atoms with Gasteiger partial charge in [0.2, 0.25) is 5.91 Å². The second-order valence-electron chi connectivity index (χ2n) is 8.24. The van der Waals surface area contributed by atoms with Gasteiger partial charge in [-0.3, -0.25) is 9.59 Å². The number of halogens is 1. The summed E-state index contributed by atoms with van der Waals surface area (Å²) in [4.78, 5) is 29.4. The summed E-state index contributed by atoms with van der Waals surface area (Å²) in [5, 5.41) is 20.7. The minimum atomic E-state index is -0.699. The van der Waals surface area contributed by atoms with Crippen LogP contribution in [-0.4, -0.2) is 59.1 Å². The monoisotopic (exact) mass is 438 g/mol. The molecule has 8 nitrogen and oxygen atoms in total. The molecular weight excluding hydrogens is 411 g/mol. The predicted molar refractivity (Wildman–Crippen MR) is 118 cm³/mol. The molecule has 1 atom stereocenters. The second-order valence-corrected chi connectivity index (χ2v) is 8.24. The van der Waals surface area contributed by atoms with E-state index in [1.165, 1.54) is 24.3 Å². The molecule has 0 aliphatic carbocycles. The van der Waals surface area contributed by atoms with Crippen LogP contribution in [0.25, 0.3) is 0 Å². The lowest BCUT2D eigenvalue weighted by Crippen LogP contribution is -2.56. The van der Waals surface area contributed by atoms with Crippen molar-refractivity contribution in [1.82, 2.24) is 20.4 Å². The van der Waals surface area contributed by atoms with Gasteiger partial charge in [0, 0.05) is 31.7 Å². The number of aryl methyl sites for hydroxylation is 1. The van der Waals surface area contributed by atoms with Gasteiger partial charge in [0.25, 0.3) is 5.91 Å². The summed E-state index contributed by atoms with van der Waals surface area (Å²) in [7, 11) is 0. The van der Waals surface area contributed by atoms with Gasteiger partial charge in [-0.2, -0.15) is 10.4 Å². The molecule has 1 aliphatic rings. The van der Waals surface area contributed by atoms with Crippen molar-refractivity contribution in [2.75, 3.05) is 31.1 Å². The predicted octanol–water partition coefficient (Wildman–Crippen LogP) is 2.21. The Morgan fingerprint density at radius 3 is 2.28 bits per heavy atom. The molecule has 2 amide bonds. The lowest BCUT2D eigenvalue weighted by molar-refractivity contribution is -0.134. The van der Waals surface area contributed by atoms with Crippen molar-refractivity contribution >= 4 is 17.6 Å². The number of carbonyl (C=O) groups is 2. The maximum Gasteiger partial charge on any atom is 0.251 e. The highest BCUT2D eigenvalue weighted by Crippen LogP contribution is 2.23. The van der Waals surface area contributed by atoms with Crippen LogP contribution < -0.4 is 10.2 Å². The van der Waals surface area contributed by atoms with Crippen LogP contribution in [0.15, 0.2) is 24.3 Å². The molecule has 168 valence electrons. The number of piperazine rings is 1. The Hall–Kier alpha value is -3.54. The number of carbonyl (C=O) groups excluding carboxylic acids is 2. The van der Waals surface area contributed by atoms with Crippen LogP contribution in [0.2, 0.25) is 0 Å². The average Bonchev–Trinajstić information content (AvgIpc) is 2.79. The standard InChI is InChI=1S/C23H27FN6O2/c1-14(2)20(26-22(31)17-5-7-18(24)8-6-17)23(32)30-11-9-29(10-12-30)21-19(13-25)15(3)16(4)27-28-21/h5-8,14,20H,9-12H2,1-4H3,(H,26,31). The molecule has 1 N–H and O–H groups in total. The Bertz CT molecular complexity index is 1040. The molecule has 0 radical (unpaired) electrons. The van der Waals surface area contributed by atoms with Crippen LogP contribution in [0.1, 0.15) is 41.0 Å². The molecule has 3 rings (SSSR count). The van der Waals surface area contributed by atoms with Gasteiger partial charge >= 0.3 is 0 Å². The van der Waals surface area contributed by atoms with Gasteiger partial charge in [-0.15, -0.1) is 5.10 Å². The summed E-state index contributed by atoms with van der Waals surface area (Å²) in [6.07, 6.45) is 0. The topological polar surface area (TPSA) is 102 Å². The fourth-order valence-electron chi connectivity index (χ4n) is 3.63. The highest BCUT2D eigenvalue weighted by molar-refractivity contribution is 5.97. The van der Waals surface area contributed by atoms with Gasteiger partial charge in [0.05, 0.1) is 5.69 Å². The third-order valence-corrected chi connectivity index (χ3v) is 5.76. The Morgan fingerprint density at radius 2 is 1.72 bits per heavy atom. The molecule has 1 aliphatic heterocycles. The van der Waals surface area contributed by atoms with Gasteiger partial charge in [-0.25, -0.2) is 4.39 Å². The number of amides is 2. The Kier molecular flexibility index (Phi) is 7.03. The molecule has 1 unspecified atom stereocenters. The molecule has 0 spiro atoms. The van der Waals surface area contributed by atoms with Crippen LogP contribution in [0.3, 0.4) is 0 Å². The first-order chi connectivity index (χ1) is 15.2. The van der Waals surface area contributed by atoms with Crippen molar-refractivity contribution in [1.29, 1.82) is 5.26 Å². The van der Waals surface area contributed by atoms with E-state index >= 15 is 0 Å². The van der Waals surface area contributed by atoms with E-state index in [9.17, 15) is 19.2 Å².